The van der Waals surface area contributed by atoms with E-state index < -0.39 is 0 Å². The molecule has 1 amide bonds. The summed E-state index contributed by atoms with van der Waals surface area (Å²) in [6.45, 7) is 2.45. The summed E-state index contributed by atoms with van der Waals surface area (Å²) in [6, 6.07) is 11.6. The summed E-state index contributed by atoms with van der Waals surface area (Å²) in [5, 5.41) is 0. The Morgan fingerprint density at radius 2 is 1.93 bits per heavy atom. The third kappa shape index (κ3) is 4.70. The normalized spacial score (nSPS) is 15.2. The molecule has 0 N–H and O–H groups in total. The quantitative estimate of drug-likeness (QED) is 0.286. The van der Waals surface area contributed by atoms with Crippen molar-refractivity contribution < 1.29 is 14.3 Å². The second-order valence-corrected chi connectivity index (χ2v) is 9.23. The number of carbonyl (C=O) groups is 1. The Morgan fingerprint density at radius 1 is 1.24 bits per heavy atom. The van der Waals surface area contributed by atoms with E-state index in [2.05, 4.69) is 22.6 Å². The highest BCUT2D eigenvalue weighted by Crippen LogP contribution is 2.39. The molecule has 0 atom stereocenters. The highest BCUT2D eigenvalue weighted by Gasteiger charge is 2.33. The van der Waals surface area contributed by atoms with Crippen molar-refractivity contribution in [2.75, 3.05) is 37.6 Å². The molecule has 2 aromatic carbocycles. The van der Waals surface area contributed by atoms with Gasteiger partial charge in [0, 0.05) is 19.8 Å². The van der Waals surface area contributed by atoms with Gasteiger partial charge in [-0.25, -0.2) is 0 Å². The monoisotopic (exact) mass is 540 g/mol. The lowest BCUT2D eigenvalue weighted by molar-refractivity contribution is -0.113. The van der Waals surface area contributed by atoms with Crippen molar-refractivity contribution in [2.45, 2.75) is 6.92 Å². The maximum atomic E-state index is 13.0. The van der Waals surface area contributed by atoms with Crippen LogP contribution >= 0.6 is 46.6 Å². The molecule has 29 heavy (non-hydrogen) atoms. The predicted molar refractivity (Wildman–Crippen MR) is 133 cm³/mol. The van der Waals surface area contributed by atoms with Crippen LogP contribution < -0.4 is 19.3 Å². The van der Waals surface area contributed by atoms with E-state index in [0.29, 0.717) is 27.3 Å². The van der Waals surface area contributed by atoms with Crippen LogP contribution in [-0.2, 0) is 4.79 Å². The Morgan fingerprint density at radius 3 is 2.52 bits per heavy atom. The number of hydrogen-bond acceptors (Lipinski definition) is 6. The topological polar surface area (TPSA) is 42.0 Å². The predicted octanol–water partition coefficient (Wildman–Crippen LogP) is 5.17. The molecular weight excluding hydrogens is 519 g/mol. The number of thiocarbonyl (C=S) groups is 1. The molecule has 152 valence electrons. The molecule has 1 heterocycles. The number of rotatable bonds is 6. The van der Waals surface area contributed by atoms with Gasteiger partial charge in [0.2, 0.25) is 0 Å². The average Bonchev–Trinajstić information content (AvgIpc) is 2.95. The van der Waals surface area contributed by atoms with Gasteiger partial charge in [-0.15, -0.1) is 0 Å². The number of amides is 1. The van der Waals surface area contributed by atoms with E-state index in [1.54, 1.807) is 12.0 Å². The summed E-state index contributed by atoms with van der Waals surface area (Å²) < 4.78 is 12.6. The minimum Gasteiger partial charge on any atom is -0.492 e. The SMILES string of the molecule is CCOc1cc(/C=C2/SC(=S)N(c3ccc(N(C)C)cc3)C2=O)cc(I)c1OC. The fourth-order valence-electron chi connectivity index (χ4n) is 2.87. The van der Waals surface area contributed by atoms with E-state index in [1.807, 2.05) is 68.4 Å². The highest BCUT2D eigenvalue weighted by atomic mass is 127. The van der Waals surface area contributed by atoms with Crippen molar-refractivity contribution >= 4 is 74.2 Å². The minimum absolute atomic E-state index is 0.124. The van der Waals surface area contributed by atoms with Gasteiger partial charge in [-0.05, 0) is 77.6 Å². The maximum absolute atomic E-state index is 13.0. The fraction of sp³-hybridized carbons (Fsp3) is 0.238. The summed E-state index contributed by atoms with van der Waals surface area (Å²) in [6.07, 6.45) is 1.84. The molecular formula is C21H21IN2O3S2. The largest absolute Gasteiger partial charge is 0.492 e. The van der Waals surface area contributed by atoms with E-state index >= 15 is 0 Å². The Hall–Kier alpha value is -1.78. The van der Waals surface area contributed by atoms with Gasteiger partial charge in [0.1, 0.15) is 0 Å². The molecule has 0 unspecified atom stereocenters. The number of carbonyl (C=O) groups excluding carboxylic acids is 1. The molecule has 0 spiro atoms. The Bertz CT molecular complexity index is 975. The summed E-state index contributed by atoms with van der Waals surface area (Å²) in [4.78, 5) is 17.2. The van der Waals surface area contributed by atoms with E-state index in [-0.39, 0.29) is 5.91 Å². The van der Waals surface area contributed by atoms with Gasteiger partial charge in [-0.3, -0.25) is 9.69 Å². The van der Waals surface area contributed by atoms with Crippen LogP contribution in [0.15, 0.2) is 41.3 Å². The van der Waals surface area contributed by atoms with E-state index in [4.69, 9.17) is 21.7 Å². The molecule has 0 bridgehead atoms. The fourth-order valence-corrected chi connectivity index (χ4v) is 5.02. The first kappa shape index (κ1) is 21.9. The molecule has 2 aromatic rings. The van der Waals surface area contributed by atoms with Gasteiger partial charge in [0.15, 0.2) is 15.8 Å². The standard InChI is InChI=1S/C21H21IN2O3S2/c1-5-27-17-11-13(10-16(22)19(17)26-4)12-18-20(25)24(21(28)29-18)15-8-6-14(7-9-15)23(2)3/h6-12H,5H2,1-4H3/b18-12+. The Balaban J connectivity index is 1.92. The molecule has 5 nitrogen and oxygen atoms in total. The van der Waals surface area contributed by atoms with Crippen LogP contribution in [0.3, 0.4) is 0 Å². The van der Waals surface area contributed by atoms with Gasteiger partial charge < -0.3 is 14.4 Å². The Kier molecular flexibility index (Phi) is 7.07. The number of hydrogen-bond donors (Lipinski definition) is 0. The lowest BCUT2D eigenvalue weighted by atomic mass is 10.1. The number of thioether (sulfide) groups is 1. The third-order valence-electron chi connectivity index (χ3n) is 4.25. The number of ether oxygens (including phenoxy) is 2. The van der Waals surface area contributed by atoms with Crippen LogP contribution in [0, 0.1) is 3.57 Å². The summed E-state index contributed by atoms with van der Waals surface area (Å²) in [5.74, 6) is 1.22. The Labute approximate surface area is 194 Å². The summed E-state index contributed by atoms with van der Waals surface area (Å²) >= 11 is 8.98. The number of nitrogens with zero attached hydrogens (tertiary/aromatic N) is 2. The zero-order valence-electron chi connectivity index (χ0n) is 16.6. The smallest absolute Gasteiger partial charge is 0.270 e. The van der Waals surface area contributed by atoms with Crippen LogP contribution in [0.25, 0.3) is 6.08 Å². The first-order valence-electron chi connectivity index (χ1n) is 8.91. The molecule has 1 aliphatic heterocycles. The lowest BCUT2D eigenvalue weighted by Gasteiger charge is -2.17. The second kappa shape index (κ2) is 9.36. The van der Waals surface area contributed by atoms with Gasteiger partial charge in [0.25, 0.3) is 5.91 Å². The second-order valence-electron chi connectivity index (χ2n) is 6.40. The number of halogens is 1. The van der Waals surface area contributed by atoms with Crippen LogP contribution in [0.4, 0.5) is 11.4 Å². The summed E-state index contributed by atoms with van der Waals surface area (Å²) in [7, 11) is 5.57. The van der Waals surface area contributed by atoms with Gasteiger partial charge in [0.05, 0.1) is 27.9 Å². The number of anilines is 2. The molecule has 8 heteroatoms. The van der Waals surface area contributed by atoms with E-state index in [1.165, 1.54) is 11.8 Å². The van der Waals surface area contributed by atoms with Crippen molar-refractivity contribution in [1.82, 2.24) is 0 Å². The van der Waals surface area contributed by atoms with Gasteiger partial charge >= 0.3 is 0 Å². The molecule has 0 aliphatic carbocycles. The van der Waals surface area contributed by atoms with Crippen LogP contribution in [-0.4, -0.2) is 38.0 Å². The van der Waals surface area contributed by atoms with Crippen molar-refractivity contribution in [3.05, 3.63) is 50.4 Å². The maximum Gasteiger partial charge on any atom is 0.270 e. The molecule has 1 aliphatic rings. The molecule has 0 aromatic heterocycles. The van der Waals surface area contributed by atoms with Crippen molar-refractivity contribution in [3.8, 4) is 11.5 Å². The third-order valence-corrected chi connectivity index (χ3v) is 6.36. The minimum atomic E-state index is -0.124. The lowest BCUT2D eigenvalue weighted by Crippen LogP contribution is -2.27. The van der Waals surface area contributed by atoms with Crippen LogP contribution in [0.5, 0.6) is 11.5 Å². The number of methoxy groups -OCH3 is 1. The average molecular weight is 540 g/mol. The molecule has 1 saturated heterocycles. The van der Waals surface area contributed by atoms with Gasteiger partial charge in [-0.1, -0.05) is 24.0 Å². The van der Waals surface area contributed by atoms with Crippen LogP contribution in [0.1, 0.15) is 12.5 Å². The number of benzene rings is 2. The van der Waals surface area contributed by atoms with Crippen molar-refractivity contribution in [3.63, 3.8) is 0 Å². The first-order valence-corrected chi connectivity index (χ1v) is 11.2. The molecule has 1 fully saturated rings. The van der Waals surface area contributed by atoms with E-state index in [9.17, 15) is 4.79 Å². The zero-order chi connectivity index (χ0) is 21.1. The first-order chi connectivity index (χ1) is 13.8. The summed E-state index contributed by atoms with van der Waals surface area (Å²) in [5.41, 5.74) is 2.69. The molecule has 0 saturated carbocycles. The molecule has 3 rings (SSSR count). The molecule has 0 radical (unpaired) electrons. The van der Waals surface area contributed by atoms with E-state index in [0.717, 1.165) is 20.5 Å². The van der Waals surface area contributed by atoms with Gasteiger partial charge in [-0.2, -0.15) is 0 Å². The highest BCUT2D eigenvalue weighted by molar-refractivity contribution is 14.1. The van der Waals surface area contributed by atoms with Crippen molar-refractivity contribution in [2.24, 2.45) is 0 Å². The van der Waals surface area contributed by atoms with Crippen LogP contribution in [0.2, 0.25) is 0 Å². The zero-order valence-corrected chi connectivity index (χ0v) is 20.4. The van der Waals surface area contributed by atoms with Crippen molar-refractivity contribution in [1.29, 1.82) is 0 Å².